The fourth-order valence-corrected chi connectivity index (χ4v) is 4.05. The standard InChI is InChI=1S/C17H22ClNO3S/c1-17(2,3)23(22)19-11-13(16(20)21)6-9-15(19)10-12-4-7-14(18)8-5-12/h4-8,15H,9-11H2,1-3H3,(H,20,21). The van der Waals surface area contributed by atoms with E-state index in [9.17, 15) is 14.5 Å². The van der Waals surface area contributed by atoms with Crippen molar-refractivity contribution in [2.45, 2.75) is 44.4 Å². The van der Waals surface area contributed by atoms with E-state index in [2.05, 4.69) is 0 Å². The van der Waals surface area contributed by atoms with E-state index in [1.165, 1.54) is 0 Å². The van der Waals surface area contributed by atoms with E-state index in [0.717, 1.165) is 5.56 Å². The normalized spacial score (nSPS) is 20.9. The first-order valence-electron chi connectivity index (χ1n) is 7.54. The predicted molar refractivity (Wildman–Crippen MR) is 93.9 cm³/mol. The number of nitrogens with zero attached hydrogens (tertiary/aromatic N) is 1. The second-order valence-corrected chi connectivity index (χ2v) is 9.32. The quantitative estimate of drug-likeness (QED) is 0.840. The Balaban J connectivity index is 2.23. The molecule has 0 amide bonds. The summed E-state index contributed by atoms with van der Waals surface area (Å²) in [5.41, 5.74) is 1.41. The van der Waals surface area contributed by atoms with Gasteiger partial charge in [-0.3, -0.25) is 0 Å². The topological polar surface area (TPSA) is 63.6 Å². The van der Waals surface area contributed by atoms with Gasteiger partial charge in [-0.1, -0.05) is 29.8 Å². The van der Waals surface area contributed by atoms with Crippen LogP contribution in [0.15, 0.2) is 35.9 Å². The minimum Gasteiger partial charge on any atom is -0.597 e. The van der Waals surface area contributed by atoms with Crippen molar-refractivity contribution in [3.05, 3.63) is 46.5 Å². The molecule has 4 nitrogen and oxygen atoms in total. The Bertz CT molecular complexity index is 595. The molecule has 6 heteroatoms. The molecule has 1 aromatic carbocycles. The van der Waals surface area contributed by atoms with Crippen molar-refractivity contribution >= 4 is 28.9 Å². The molecule has 1 aliphatic heterocycles. The van der Waals surface area contributed by atoms with Crippen LogP contribution in [0, 0.1) is 0 Å². The first-order valence-corrected chi connectivity index (χ1v) is 9.02. The Morgan fingerprint density at radius 2 is 2.00 bits per heavy atom. The number of carboxylic acids is 1. The minimum absolute atomic E-state index is 0.0133. The summed E-state index contributed by atoms with van der Waals surface area (Å²) in [6.45, 7) is 5.92. The summed E-state index contributed by atoms with van der Waals surface area (Å²) in [5.74, 6) is -0.939. The van der Waals surface area contributed by atoms with Gasteiger partial charge in [0.15, 0.2) is 0 Å². The average molecular weight is 356 g/mol. The molecular weight excluding hydrogens is 334 g/mol. The zero-order valence-corrected chi connectivity index (χ0v) is 15.2. The van der Waals surface area contributed by atoms with Gasteiger partial charge in [0, 0.05) is 16.4 Å². The van der Waals surface area contributed by atoms with E-state index < -0.39 is 22.1 Å². The molecule has 0 saturated carbocycles. The maximum atomic E-state index is 12.8. The van der Waals surface area contributed by atoms with Crippen LogP contribution in [-0.2, 0) is 22.6 Å². The van der Waals surface area contributed by atoms with E-state index in [-0.39, 0.29) is 12.6 Å². The largest absolute Gasteiger partial charge is 0.597 e. The number of benzene rings is 1. The van der Waals surface area contributed by atoms with Crippen molar-refractivity contribution in [1.82, 2.24) is 4.31 Å². The number of carbonyl (C=O) groups is 1. The van der Waals surface area contributed by atoms with Crippen LogP contribution in [0.4, 0.5) is 0 Å². The highest BCUT2D eigenvalue weighted by molar-refractivity contribution is 7.90. The fraction of sp³-hybridized carbons (Fsp3) is 0.471. The molecule has 2 unspecified atom stereocenters. The van der Waals surface area contributed by atoms with E-state index in [1.807, 2.05) is 49.3 Å². The molecule has 1 N–H and O–H groups in total. The first-order chi connectivity index (χ1) is 10.7. The van der Waals surface area contributed by atoms with Gasteiger partial charge in [0.05, 0.1) is 18.2 Å². The van der Waals surface area contributed by atoms with Gasteiger partial charge in [-0.15, -0.1) is 4.31 Å². The van der Waals surface area contributed by atoms with Crippen LogP contribution in [0.3, 0.4) is 0 Å². The molecule has 126 valence electrons. The average Bonchev–Trinajstić information content (AvgIpc) is 2.48. The highest BCUT2D eigenvalue weighted by Gasteiger charge is 2.40. The number of carboxylic acid groups (broad SMARTS) is 1. The number of hydrogen-bond donors (Lipinski definition) is 1. The molecule has 0 radical (unpaired) electrons. The van der Waals surface area contributed by atoms with Gasteiger partial charge in [-0.05, 0) is 51.3 Å². The Morgan fingerprint density at radius 1 is 1.39 bits per heavy atom. The number of hydrogen-bond acceptors (Lipinski definition) is 3. The van der Waals surface area contributed by atoms with Gasteiger partial charge in [0.2, 0.25) is 0 Å². The van der Waals surface area contributed by atoms with E-state index in [4.69, 9.17) is 11.6 Å². The van der Waals surface area contributed by atoms with E-state index >= 15 is 0 Å². The van der Waals surface area contributed by atoms with Crippen LogP contribution >= 0.6 is 11.6 Å². The maximum Gasteiger partial charge on any atom is 0.332 e. The Kier molecular flexibility index (Phi) is 5.79. The third-order valence-corrected chi connectivity index (χ3v) is 5.92. The minimum atomic E-state index is -1.27. The van der Waals surface area contributed by atoms with Crippen LogP contribution in [0.2, 0.25) is 5.02 Å². The molecule has 2 rings (SSSR count). The van der Waals surface area contributed by atoms with Crippen molar-refractivity contribution in [2.24, 2.45) is 0 Å². The van der Waals surface area contributed by atoms with Gasteiger partial charge >= 0.3 is 5.97 Å². The lowest BCUT2D eigenvalue weighted by atomic mass is 9.98. The summed E-state index contributed by atoms with van der Waals surface area (Å²) in [6.07, 6.45) is 3.04. The molecule has 0 aliphatic carbocycles. The van der Waals surface area contributed by atoms with Crippen LogP contribution in [0.5, 0.6) is 0 Å². The SMILES string of the molecule is CC(C)(C)[S+]([O-])N1CC(C(=O)O)=CCC1Cc1ccc(Cl)cc1. The van der Waals surface area contributed by atoms with Gasteiger partial charge < -0.3 is 9.66 Å². The van der Waals surface area contributed by atoms with Gasteiger partial charge in [0.1, 0.15) is 4.75 Å². The number of rotatable bonds is 4. The Morgan fingerprint density at radius 3 is 2.52 bits per heavy atom. The van der Waals surface area contributed by atoms with Crippen molar-refractivity contribution in [1.29, 1.82) is 0 Å². The highest BCUT2D eigenvalue weighted by atomic mass is 35.5. The third kappa shape index (κ3) is 4.73. The third-order valence-electron chi connectivity index (χ3n) is 3.77. The lowest BCUT2D eigenvalue weighted by molar-refractivity contribution is -0.133. The summed E-state index contributed by atoms with van der Waals surface area (Å²) in [5, 5.41) is 9.92. The Labute approximate surface area is 145 Å². The zero-order valence-electron chi connectivity index (χ0n) is 13.6. The van der Waals surface area contributed by atoms with E-state index in [0.29, 0.717) is 23.4 Å². The summed E-state index contributed by atoms with van der Waals surface area (Å²) >= 11 is 4.65. The second kappa shape index (κ2) is 7.26. The monoisotopic (exact) mass is 355 g/mol. The maximum absolute atomic E-state index is 12.8. The summed E-state index contributed by atoms with van der Waals surface area (Å²) < 4.78 is 14.2. The zero-order chi connectivity index (χ0) is 17.2. The van der Waals surface area contributed by atoms with Crippen molar-refractivity contribution in [3.8, 4) is 0 Å². The van der Waals surface area contributed by atoms with Crippen molar-refractivity contribution in [2.75, 3.05) is 6.54 Å². The van der Waals surface area contributed by atoms with E-state index in [1.54, 1.807) is 6.08 Å². The molecule has 1 aliphatic rings. The van der Waals surface area contributed by atoms with Crippen LogP contribution in [0.25, 0.3) is 0 Å². The fourth-order valence-electron chi connectivity index (χ4n) is 2.54. The van der Waals surface area contributed by atoms with Crippen LogP contribution in [-0.4, -0.2) is 37.3 Å². The lowest BCUT2D eigenvalue weighted by Gasteiger charge is -2.39. The highest BCUT2D eigenvalue weighted by Crippen LogP contribution is 2.29. The number of aliphatic carboxylic acids is 1. The van der Waals surface area contributed by atoms with Gasteiger partial charge in [0.25, 0.3) is 0 Å². The summed E-state index contributed by atoms with van der Waals surface area (Å²) in [4.78, 5) is 11.3. The second-order valence-electron chi connectivity index (χ2n) is 6.69. The van der Waals surface area contributed by atoms with Gasteiger partial charge in [-0.2, -0.15) is 0 Å². The Hall–Kier alpha value is -1.01. The molecule has 0 saturated heterocycles. The summed E-state index contributed by atoms with van der Waals surface area (Å²) in [6, 6.07) is 7.60. The van der Waals surface area contributed by atoms with Crippen LogP contribution < -0.4 is 0 Å². The molecule has 0 bridgehead atoms. The molecule has 2 atom stereocenters. The molecule has 0 spiro atoms. The summed E-state index contributed by atoms with van der Waals surface area (Å²) in [7, 11) is 0. The van der Waals surface area contributed by atoms with Gasteiger partial charge in [-0.25, -0.2) is 4.79 Å². The molecule has 1 heterocycles. The molecule has 23 heavy (non-hydrogen) atoms. The molecular formula is C17H22ClNO3S. The molecule has 0 fully saturated rings. The molecule has 1 aromatic rings. The smallest absolute Gasteiger partial charge is 0.332 e. The predicted octanol–water partition coefficient (Wildman–Crippen LogP) is 3.43. The van der Waals surface area contributed by atoms with Crippen molar-refractivity contribution in [3.63, 3.8) is 0 Å². The lowest BCUT2D eigenvalue weighted by Crippen LogP contribution is -2.51. The van der Waals surface area contributed by atoms with Crippen LogP contribution in [0.1, 0.15) is 32.8 Å². The van der Waals surface area contributed by atoms with Crippen molar-refractivity contribution < 1.29 is 14.5 Å². The number of halogens is 1. The first kappa shape index (κ1) is 18.3. The molecule has 0 aromatic heterocycles.